The second kappa shape index (κ2) is 51.0. The lowest BCUT2D eigenvalue weighted by atomic mass is 10.0. The predicted molar refractivity (Wildman–Crippen MR) is 302 cm³/mol. The summed E-state index contributed by atoms with van der Waals surface area (Å²) in [6, 6.07) is -0.898. The predicted octanol–water partition coefficient (Wildman–Crippen LogP) is 17.0. The molecule has 9 nitrogen and oxygen atoms in total. The summed E-state index contributed by atoms with van der Waals surface area (Å²) in [6.07, 6.45) is 64.3. The topological polar surface area (TPSA) is 114 Å². The zero-order valence-corrected chi connectivity index (χ0v) is 47.8. The maximum atomic E-state index is 13.5. The lowest BCUT2D eigenvalue weighted by Gasteiger charge is -2.30. The van der Waals surface area contributed by atoms with Crippen molar-refractivity contribution in [3.63, 3.8) is 0 Å². The number of carbonyl (C=O) groups excluding carboxylic acids is 2. The minimum atomic E-state index is -4.70. The van der Waals surface area contributed by atoms with Gasteiger partial charge in [0.1, 0.15) is 19.3 Å². The third-order valence-corrected chi connectivity index (χ3v) is 13.6. The van der Waals surface area contributed by atoms with Crippen molar-refractivity contribution in [2.75, 3.05) is 40.9 Å². The van der Waals surface area contributed by atoms with Crippen LogP contribution in [-0.2, 0) is 27.9 Å². The van der Waals surface area contributed by atoms with Crippen LogP contribution in [0.15, 0.2) is 72.9 Å². The molecule has 0 spiro atoms. The van der Waals surface area contributed by atoms with Crippen LogP contribution in [0.3, 0.4) is 0 Å². The third-order valence-electron chi connectivity index (χ3n) is 12.7. The molecule has 1 amide bonds. The first kappa shape index (κ1) is 68.5. The number of amides is 1. The van der Waals surface area contributed by atoms with Crippen LogP contribution in [0.2, 0.25) is 0 Å². The van der Waals surface area contributed by atoms with Crippen LogP contribution >= 0.6 is 7.82 Å². The van der Waals surface area contributed by atoms with Gasteiger partial charge in [0.25, 0.3) is 7.82 Å². The number of likely N-dealkylation sites (N-methyl/N-ethyl adjacent to an activating group) is 1. The number of ether oxygens (including phenoxy) is 1. The number of carbonyl (C=O) groups is 2. The molecule has 0 aromatic heterocycles. The minimum Gasteiger partial charge on any atom is -0.756 e. The number of phosphoric acid groups is 1. The van der Waals surface area contributed by atoms with E-state index in [0.29, 0.717) is 23.9 Å². The normalized spacial score (nSPS) is 14.3. The smallest absolute Gasteiger partial charge is 0.306 e. The third kappa shape index (κ3) is 52.1. The lowest BCUT2D eigenvalue weighted by Crippen LogP contribution is -2.47. The van der Waals surface area contributed by atoms with E-state index in [-0.39, 0.29) is 24.9 Å². The first-order valence-corrected chi connectivity index (χ1v) is 30.7. The number of allylic oxidation sites excluding steroid dienone is 11. The monoisotopic (exact) mass is 1010 g/mol. The molecule has 3 atom stereocenters. The molecular formula is C61H111N2O7P. The van der Waals surface area contributed by atoms with Crippen LogP contribution in [0.4, 0.5) is 0 Å². The first-order chi connectivity index (χ1) is 34.4. The number of nitrogens with zero attached hydrogens (tertiary/aromatic N) is 1. The highest BCUT2D eigenvalue weighted by molar-refractivity contribution is 7.45. The van der Waals surface area contributed by atoms with E-state index in [0.717, 1.165) is 103 Å². The van der Waals surface area contributed by atoms with Crippen LogP contribution in [-0.4, -0.2) is 69.4 Å². The van der Waals surface area contributed by atoms with Crippen molar-refractivity contribution < 1.29 is 37.3 Å². The molecule has 3 unspecified atom stereocenters. The van der Waals surface area contributed by atoms with Crippen LogP contribution < -0.4 is 10.2 Å². The van der Waals surface area contributed by atoms with E-state index >= 15 is 0 Å². The molecule has 0 aromatic carbocycles. The molecule has 0 aliphatic heterocycles. The van der Waals surface area contributed by atoms with Gasteiger partial charge in [-0.25, -0.2) is 0 Å². The molecule has 0 fully saturated rings. The van der Waals surface area contributed by atoms with Crippen LogP contribution in [0.1, 0.15) is 252 Å². The standard InChI is InChI=1S/C61H111N2O7P/c1-7-10-13-16-19-22-25-27-28-29-30-31-32-33-34-36-38-41-44-47-50-53-60(64)62-58(57-69-71(66,67)68-56-55-63(4,5)6)59(52-49-46-43-40-37-24-21-18-15-12-9-3)70-61(65)54-51-48-45-42-39-35-26-23-20-17-14-11-8-2/h10,13,19,22,27-28,30-31,33-34,49,52,58-59H,7-9,11-12,14-18,20-21,23-26,29,32,35-48,50-51,53-57H2,1-6H3,(H-,62,64,66,67)/b13-10-,22-19-,28-27-,31-30-,34-33-,52-49-. The van der Waals surface area contributed by atoms with Gasteiger partial charge in [-0.15, -0.1) is 0 Å². The average molecular weight is 1020 g/mol. The van der Waals surface area contributed by atoms with Crippen molar-refractivity contribution >= 4 is 19.7 Å². The molecular weight excluding hydrogens is 904 g/mol. The molecule has 0 rings (SSSR count). The van der Waals surface area contributed by atoms with Crippen molar-refractivity contribution in [1.29, 1.82) is 0 Å². The van der Waals surface area contributed by atoms with Gasteiger partial charge in [-0.3, -0.25) is 14.2 Å². The Labute approximate surface area is 438 Å². The summed E-state index contributed by atoms with van der Waals surface area (Å²) >= 11 is 0. The lowest BCUT2D eigenvalue weighted by molar-refractivity contribution is -0.870. The number of nitrogens with one attached hydrogen (secondary N) is 1. The van der Waals surface area contributed by atoms with Gasteiger partial charge in [-0.05, 0) is 76.7 Å². The Morgan fingerprint density at radius 3 is 1.35 bits per heavy atom. The molecule has 412 valence electrons. The Hall–Kier alpha value is -2.55. The molecule has 0 aliphatic carbocycles. The van der Waals surface area contributed by atoms with Crippen LogP contribution in [0, 0.1) is 0 Å². The van der Waals surface area contributed by atoms with E-state index in [1.807, 2.05) is 33.3 Å². The van der Waals surface area contributed by atoms with Gasteiger partial charge in [0.05, 0.1) is 33.8 Å². The van der Waals surface area contributed by atoms with E-state index in [1.165, 1.54) is 109 Å². The average Bonchev–Trinajstić information content (AvgIpc) is 3.33. The summed E-state index contributed by atoms with van der Waals surface area (Å²) in [7, 11) is 1.17. The SMILES string of the molecule is CC/C=C\C/C=C\C/C=C\C/C=C\C/C=C\CCCCCCCC(=O)NC(COP(=O)([O-])OCC[N+](C)(C)C)C(/C=C\CCCCCCCCCCC)OC(=O)CCCCCCCCCCCCCCC. The van der Waals surface area contributed by atoms with Crippen molar-refractivity contribution in [2.45, 2.75) is 264 Å². The van der Waals surface area contributed by atoms with E-state index in [4.69, 9.17) is 13.8 Å². The zero-order chi connectivity index (χ0) is 52.2. The van der Waals surface area contributed by atoms with Crippen molar-refractivity contribution in [1.82, 2.24) is 5.32 Å². The molecule has 0 bridgehead atoms. The fourth-order valence-electron chi connectivity index (χ4n) is 8.14. The molecule has 1 N–H and O–H groups in total. The number of rotatable bonds is 52. The molecule has 0 radical (unpaired) electrons. The minimum absolute atomic E-state index is 0.0280. The molecule has 0 heterocycles. The summed E-state index contributed by atoms with van der Waals surface area (Å²) in [5.41, 5.74) is 0. The van der Waals surface area contributed by atoms with E-state index in [1.54, 1.807) is 0 Å². The number of esters is 1. The summed E-state index contributed by atoms with van der Waals surface area (Å²) in [5, 5.41) is 3.01. The van der Waals surface area contributed by atoms with Crippen molar-refractivity contribution in [2.24, 2.45) is 0 Å². The number of quaternary nitrogens is 1. The highest BCUT2D eigenvalue weighted by Crippen LogP contribution is 2.38. The van der Waals surface area contributed by atoms with Crippen LogP contribution in [0.5, 0.6) is 0 Å². The van der Waals surface area contributed by atoms with Gasteiger partial charge in [0.15, 0.2) is 0 Å². The van der Waals surface area contributed by atoms with E-state index < -0.39 is 26.6 Å². The molecule has 10 heteroatoms. The summed E-state index contributed by atoms with van der Waals surface area (Å²) in [6.45, 7) is 6.70. The second-order valence-corrected chi connectivity index (χ2v) is 22.2. The Bertz CT molecular complexity index is 1450. The fraction of sp³-hybridized carbons (Fsp3) is 0.770. The van der Waals surface area contributed by atoms with Crippen molar-refractivity contribution in [3.05, 3.63) is 72.9 Å². The number of hydrogen-bond acceptors (Lipinski definition) is 7. The largest absolute Gasteiger partial charge is 0.756 e. The Kier molecular flexibility index (Phi) is 49.1. The van der Waals surface area contributed by atoms with Crippen molar-refractivity contribution in [3.8, 4) is 0 Å². The van der Waals surface area contributed by atoms with Gasteiger partial charge in [0, 0.05) is 12.8 Å². The molecule has 71 heavy (non-hydrogen) atoms. The van der Waals surface area contributed by atoms with E-state index in [2.05, 4.69) is 86.8 Å². The Morgan fingerprint density at radius 1 is 0.507 bits per heavy atom. The van der Waals surface area contributed by atoms with Gasteiger partial charge in [-0.1, -0.05) is 235 Å². The molecule has 0 aliphatic rings. The number of hydrogen-bond donors (Lipinski definition) is 1. The Balaban J connectivity index is 5.29. The summed E-state index contributed by atoms with van der Waals surface area (Å²) < 4.78 is 30.2. The summed E-state index contributed by atoms with van der Waals surface area (Å²) in [4.78, 5) is 39.8. The summed E-state index contributed by atoms with van der Waals surface area (Å²) in [5.74, 6) is -0.562. The van der Waals surface area contributed by atoms with Gasteiger partial charge in [0.2, 0.25) is 5.91 Å². The first-order valence-electron chi connectivity index (χ1n) is 29.2. The number of phosphoric ester groups is 1. The molecule has 0 aromatic rings. The van der Waals surface area contributed by atoms with Gasteiger partial charge >= 0.3 is 5.97 Å². The quantitative estimate of drug-likeness (QED) is 0.0212. The second-order valence-electron chi connectivity index (χ2n) is 20.8. The maximum Gasteiger partial charge on any atom is 0.306 e. The fourth-order valence-corrected chi connectivity index (χ4v) is 8.86. The number of unbranched alkanes of at least 4 members (excludes halogenated alkanes) is 26. The molecule has 0 saturated heterocycles. The maximum absolute atomic E-state index is 13.5. The van der Waals surface area contributed by atoms with Gasteiger partial charge < -0.3 is 28.5 Å². The highest BCUT2D eigenvalue weighted by Gasteiger charge is 2.27. The molecule has 0 saturated carbocycles. The van der Waals surface area contributed by atoms with Gasteiger partial charge in [-0.2, -0.15) is 0 Å². The van der Waals surface area contributed by atoms with E-state index in [9.17, 15) is 19.0 Å². The zero-order valence-electron chi connectivity index (χ0n) is 46.9. The Morgan fingerprint density at radius 2 is 0.901 bits per heavy atom. The van der Waals surface area contributed by atoms with Crippen LogP contribution in [0.25, 0.3) is 0 Å². The highest BCUT2D eigenvalue weighted by atomic mass is 31.2.